The molecule has 0 saturated heterocycles. The Balaban J connectivity index is 1.60. The summed E-state index contributed by atoms with van der Waals surface area (Å²) >= 11 is 1.34. The van der Waals surface area contributed by atoms with Gasteiger partial charge in [-0.2, -0.15) is 0 Å². The van der Waals surface area contributed by atoms with Crippen LogP contribution >= 0.6 is 11.3 Å². The zero-order valence-corrected chi connectivity index (χ0v) is 16.3. The van der Waals surface area contributed by atoms with Gasteiger partial charge in [0.2, 0.25) is 0 Å². The van der Waals surface area contributed by atoms with Crippen molar-refractivity contribution in [2.24, 2.45) is 0 Å². The number of hydrogen-bond acceptors (Lipinski definition) is 6. The molecule has 0 unspecified atom stereocenters. The molecule has 0 saturated carbocycles. The number of carbonyl (C=O) groups excluding carboxylic acids is 3. The molecule has 0 fully saturated rings. The van der Waals surface area contributed by atoms with E-state index in [9.17, 15) is 14.4 Å². The van der Waals surface area contributed by atoms with Crippen molar-refractivity contribution in [3.63, 3.8) is 0 Å². The van der Waals surface area contributed by atoms with Crippen LogP contribution in [0.2, 0.25) is 0 Å². The summed E-state index contributed by atoms with van der Waals surface area (Å²) in [6, 6.07) is 16.8. The normalized spacial score (nSPS) is 10.1. The van der Waals surface area contributed by atoms with Crippen LogP contribution in [-0.2, 0) is 9.53 Å². The van der Waals surface area contributed by atoms with Crippen LogP contribution in [0.3, 0.4) is 0 Å². The monoisotopic (exact) mass is 410 g/mol. The van der Waals surface area contributed by atoms with E-state index in [4.69, 9.17) is 4.74 Å². The standard InChI is InChI=1S/C21H18N2O5S/c1-27-19(24)13-28-17-9-7-15(8-10-17)22-20(25)14-4-2-5-16(12-14)23-21(26)18-6-3-11-29-18/h2-12H,13H2,1H3,(H,22,25)(H,23,26). The Morgan fingerprint density at radius 2 is 1.66 bits per heavy atom. The quantitative estimate of drug-likeness (QED) is 0.578. The van der Waals surface area contributed by atoms with Crippen molar-refractivity contribution in [1.82, 2.24) is 0 Å². The summed E-state index contributed by atoms with van der Waals surface area (Å²) in [5, 5.41) is 7.37. The Morgan fingerprint density at radius 3 is 2.34 bits per heavy atom. The van der Waals surface area contributed by atoms with Crippen molar-refractivity contribution in [2.75, 3.05) is 24.4 Å². The van der Waals surface area contributed by atoms with Gasteiger partial charge in [0, 0.05) is 16.9 Å². The Morgan fingerprint density at radius 1 is 0.897 bits per heavy atom. The first-order valence-electron chi connectivity index (χ1n) is 8.61. The fraction of sp³-hybridized carbons (Fsp3) is 0.0952. The van der Waals surface area contributed by atoms with Gasteiger partial charge in [0.05, 0.1) is 12.0 Å². The molecule has 3 rings (SSSR count). The Bertz CT molecular complexity index is 1000. The maximum absolute atomic E-state index is 12.5. The topological polar surface area (TPSA) is 93.7 Å². The lowest BCUT2D eigenvalue weighted by atomic mass is 10.1. The van der Waals surface area contributed by atoms with E-state index in [0.29, 0.717) is 27.6 Å². The Kier molecular flexibility index (Phi) is 6.59. The van der Waals surface area contributed by atoms with Crippen LogP contribution in [0.25, 0.3) is 0 Å². The van der Waals surface area contributed by atoms with Crippen LogP contribution in [-0.4, -0.2) is 31.5 Å². The van der Waals surface area contributed by atoms with Crippen molar-refractivity contribution in [2.45, 2.75) is 0 Å². The molecule has 1 aromatic heterocycles. The number of carbonyl (C=O) groups is 3. The lowest BCUT2D eigenvalue weighted by molar-refractivity contribution is -0.142. The van der Waals surface area contributed by atoms with E-state index in [-0.39, 0.29) is 18.4 Å². The van der Waals surface area contributed by atoms with Gasteiger partial charge in [0.15, 0.2) is 6.61 Å². The zero-order valence-electron chi connectivity index (χ0n) is 15.5. The van der Waals surface area contributed by atoms with Crippen LogP contribution in [0, 0.1) is 0 Å². The average molecular weight is 410 g/mol. The number of methoxy groups -OCH3 is 1. The molecule has 0 spiro atoms. The number of nitrogens with one attached hydrogen (secondary N) is 2. The molecule has 0 aliphatic carbocycles. The second-order valence-electron chi connectivity index (χ2n) is 5.86. The number of ether oxygens (including phenoxy) is 2. The van der Waals surface area contributed by atoms with Crippen LogP contribution in [0.5, 0.6) is 5.75 Å². The van der Waals surface area contributed by atoms with Gasteiger partial charge >= 0.3 is 5.97 Å². The molecule has 2 N–H and O–H groups in total. The molecule has 3 aromatic rings. The Hall–Kier alpha value is -3.65. The molecule has 29 heavy (non-hydrogen) atoms. The lowest BCUT2D eigenvalue weighted by Gasteiger charge is -2.09. The van der Waals surface area contributed by atoms with Crippen molar-refractivity contribution in [3.05, 3.63) is 76.5 Å². The third kappa shape index (κ3) is 5.66. The summed E-state index contributed by atoms with van der Waals surface area (Å²) in [5.74, 6) is -0.541. The molecule has 0 radical (unpaired) electrons. The zero-order chi connectivity index (χ0) is 20.6. The highest BCUT2D eigenvalue weighted by Crippen LogP contribution is 2.18. The smallest absolute Gasteiger partial charge is 0.343 e. The van der Waals surface area contributed by atoms with E-state index in [0.717, 1.165) is 0 Å². The number of benzene rings is 2. The molecular weight excluding hydrogens is 392 g/mol. The highest BCUT2D eigenvalue weighted by atomic mass is 32.1. The maximum Gasteiger partial charge on any atom is 0.343 e. The minimum Gasteiger partial charge on any atom is -0.482 e. The highest BCUT2D eigenvalue weighted by Gasteiger charge is 2.10. The molecule has 2 amide bonds. The second kappa shape index (κ2) is 9.52. The second-order valence-corrected chi connectivity index (χ2v) is 6.80. The summed E-state index contributed by atoms with van der Waals surface area (Å²) in [5.41, 5.74) is 1.50. The summed E-state index contributed by atoms with van der Waals surface area (Å²) in [4.78, 5) is 36.3. The van der Waals surface area contributed by atoms with Gasteiger partial charge in [0.25, 0.3) is 11.8 Å². The van der Waals surface area contributed by atoms with Crippen LogP contribution < -0.4 is 15.4 Å². The van der Waals surface area contributed by atoms with Crippen molar-refractivity contribution in [3.8, 4) is 5.75 Å². The number of esters is 1. The minimum absolute atomic E-state index is 0.188. The number of amides is 2. The lowest BCUT2D eigenvalue weighted by Crippen LogP contribution is -2.14. The number of thiophene rings is 1. The molecular formula is C21H18N2O5S. The highest BCUT2D eigenvalue weighted by molar-refractivity contribution is 7.12. The molecule has 0 atom stereocenters. The SMILES string of the molecule is COC(=O)COc1ccc(NC(=O)c2cccc(NC(=O)c3cccs3)c2)cc1. The first-order chi connectivity index (χ1) is 14.0. The van der Waals surface area contributed by atoms with Crippen molar-refractivity contribution >= 4 is 40.5 Å². The van der Waals surface area contributed by atoms with Crippen LogP contribution in [0.4, 0.5) is 11.4 Å². The van der Waals surface area contributed by atoms with Gasteiger partial charge < -0.3 is 20.1 Å². The fourth-order valence-corrected chi connectivity index (χ4v) is 3.00. The molecule has 7 nitrogen and oxygen atoms in total. The summed E-state index contributed by atoms with van der Waals surface area (Å²) in [6.07, 6.45) is 0. The minimum atomic E-state index is -0.478. The van der Waals surface area contributed by atoms with Gasteiger partial charge in [-0.15, -0.1) is 11.3 Å². The maximum atomic E-state index is 12.5. The van der Waals surface area contributed by atoms with Crippen molar-refractivity contribution < 1.29 is 23.9 Å². The Labute approximate surface area is 171 Å². The van der Waals surface area contributed by atoms with Crippen LogP contribution in [0.15, 0.2) is 66.0 Å². The van der Waals surface area contributed by atoms with Gasteiger partial charge in [-0.1, -0.05) is 12.1 Å². The third-order valence-electron chi connectivity index (χ3n) is 3.82. The van der Waals surface area contributed by atoms with Gasteiger partial charge in [-0.25, -0.2) is 4.79 Å². The third-order valence-corrected chi connectivity index (χ3v) is 4.69. The molecule has 0 bridgehead atoms. The molecule has 1 heterocycles. The number of anilines is 2. The van der Waals surface area contributed by atoms with Crippen molar-refractivity contribution in [1.29, 1.82) is 0 Å². The number of rotatable bonds is 7. The summed E-state index contributed by atoms with van der Waals surface area (Å²) < 4.78 is 9.77. The van der Waals surface area contributed by atoms with E-state index >= 15 is 0 Å². The fourth-order valence-electron chi connectivity index (χ4n) is 2.38. The molecule has 2 aromatic carbocycles. The van der Waals surface area contributed by atoms with Crippen LogP contribution in [0.1, 0.15) is 20.0 Å². The van der Waals surface area contributed by atoms with E-state index in [1.807, 2.05) is 5.38 Å². The van der Waals surface area contributed by atoms with E-state index in [2.05, 4.69) is 15.4 Å². The molecule has 0 aliphatic heterocycles. The largest absolute Gasteiger partial charge is 0.482 e. The number of hydrogen-bond donors (Lipinski definition) is 2. The van der Waals surface area contributed by atoms with E-state index < -0.39 is 5.97 Å². The van der Waals surface area contributed by atoms with Gasteiger partial charge in [-0.3, -0.25) is 9.59 Å². The first kappa shape index (κ1) is 20.1. The molecule has 0 aliphatic rings. The average Bonchev–Trinajstić information content (AvgIpc) is 3.28. The molecule has 148 valence electrons. The predicted molar refractivity (Wildman–Crippen MR) is 111 cm³/mol. The molecule has 8 heteroatoms. The first-order valence-corrected chi connectivity index (χ1v) is 9.49. The van der Waals surface area contributed by atoms with Gasteiger partial charge in [-0.05, 0) is 53.9 Å². The van der Waals surface area contributed by atoms with E-state index in [1.54, 1.807) is 60.7 Å². The van der Waals surface area contributed by atoms with Gasteiger partial charge in [0.1, 0.15) is 5.75 Å². The van der Waals surface area contributed by atoms with E-state index in [1.165, 1.54) is 18.4 Å². The summed E-state index contributed by atoms with van der Waals surface area (Å²) in [6.45, 7) is -0.188. The predicted octanol–water partition coefficient (Wildman–Crippen LogP) is 3.80. The summed E-state index contributed by atoms with van der Waals surface area (Å²) in [7, 11) is 1.28.